The van der Waals surface area contributed by atoms with Crippen molar-refractivity contribution in [1.82, 2.24) is 4.31 Å². The number of aliphatic hydroxyl groups is 1. The Morgan fingerprint density at radius 1 is 0.950 bits per heavy atom. The molecular formula is C25H27ClF6N4O3S. The maximum absolute atomic E-state index is 13.7. The van der Waals surface area contributed by atoms with Gasteiger partial charge in [0.15, 0.2) is 0 Å². The van der Waals surface area contributed by atoms with Gasteiger partial charge in [-0.2, -0.15) is 31.4 Å². The molecule has 15 heteroatoms. The number of rotatable bonds is 6. The highest BCUT2D eigenvalue weighted by Crippen LogP contribution is 2.49. The van der Waals surface area contributed by atoms with Crippen LogP contribution in [-0.4, -0.2) is 73.4 Å². The van der Waals surface area contributed by atoms with Crippen molar-refractivity contribution in [3.63, 3.8) is 0 Å². The van der Waals surface area contributed by atoms with Crippen molar-refractivity contribution in [2.24, 2.45) is 5.10 Å². The summed E-state index contributed by atoms with van der Waals surface area (Å²) in [7, 11) is -3.35. The molecule has 1 unspecified atom stereocenters. The van der Waals surface area contributed by atoms with E-state index < -0.39 is 46.2 Å². The average Bonchev–Trinajstić information content (AvgIpc) is 3.17. The van der Waals surface area contributed by atoms with Gasteiger partial charge in [0, 0.05) is 38.3 Å². The van der Waals surface area contributed by atoms with Gasteiger partial charge >= 0.3 is 12.4 Å². The number of halogens is 7. The summed E-state index contributed by atoms with van der Waals surface area (Å²) in [6, 6.07) is 11.2. The molecule has 0 amide bonds. The third kappa shape index (κ3) is 5.63. The van der Waals surface area contributed by atoms with E-state index in [0.717, 1.165) is 5.01 Å². The number of alkyl halides is 6. The van der Waals surface area contributed by atoms with E-state index >= 15 is 0 Å². The normalized spacial score (nSPS) is 20.0. The molecule has 0 saturated carbocycles. The minimum Gasteiger partial charge on any atom is -0.370 e. The lowest BCUT2D eigenvalue weighted by Gasteiger charge is -2.32. The van der Waals surface area contributed by atoms with Gasteiger partial charge in [-0.1, -0.05) is 35.9 Å². The van der Waals surface area contributed by atoms with E-state index in [4.69, 9.17) is 11.6 Å². The Balaban J connectivity index is 1.66. The second-order valence-electron chi connectivity index (χ2n) is 9.50. The van der Waals surface area contributed by atoms with Gasteiger partial charge in [-0.25, -0.2) is 12.7 Å². The van der Waals surface area contributed by atoms with Crippen LogP contribution in [0.4, 0.5) is 37.7 Å². The lowest BCUT2D eigenvalue weighted by molar-refractivity contribution is -0.338. The highest BCUT2D eigenvalue weighted by atomic mass is 35.5. The van der Waals surface area contributed by atoms with Gasteiger partial charge in [-0.05, 0) is 43.2 Å². The van der Waals surface area contributed by atoms with Gasteiger partial charge in [-0.3, -0.25) is 5.01 Å². The van der Waals surface area contributed by atoms with Gasteiger partial charge in [0.05, 0.1) is 28.2 Å². The van der Waals surface area contributed by atoms with Crippen LogP contribution >= 0.6 is 11.6 Å². The van der Waals surface area contributed by atoms with Crippen molar-refractivity contribution in [3.8, 4) is 0 Å². The molecule has 4 rings (SSSR count). The highest BCUT2D eigenvalue weighted by molar-refractivity contribution is 7.89. The third-order valence-electron chi connectivity index (χ3n) is 7.10. The van der Waals surface area contributed by atoms with Gasteiger partial charge in [0.1, 0.15) is 0 Å². The monoisotopic (exact) mass is 612 g/mol. The maximum Gasteiger partial charge on any atom is 0.431 e. The van der Waals surface area contributed by atoms with Crippen LogP contribution in [0.2, 0.25) is 5.02 Å². The molecule has 0 spiro atoms. The SMILES string of the molecule is CCS(=O)(=O)N1CCCN(c2ccc(C3CC(C(O)(C(F)(F)F)C(F)(F)F)=NN3c3ccccc3Cl)cc2)CC1. The number of anilines is 2. The largest absolute Gasteiger partial charge is 0.431 e. The summed E-state index contributed by atoms with van der Waals surface area (Å²) in [5, 5.41) is 14.7. The van der Waals surface area contributed by atoms with Crippen LogP contribution in [0, 0.1) is 0 Å². The van der Waals surface area contributed by atoms with E-state index in [9.17, 15) is 39.9 Å². The average molecular weight is 613 g/mol. The molecule has 0 aromatic heterocycles. The molecule has 2 aliphatic rings. The summed E-state index contributed by atoms with van der Waals surface area (Å²) in [4.78, 5) is 1.96. The van der Waals surface area contributed by atoms with Crippen molar-refractivity contribution in [2.45, 2.75) is 43.8 Å². The van der Waals surface area contributed by atoms with Crippen LogP contribution in [0.1, 0.15) is 31.4 Å². The summed E-state index contributed by atoms with van der Waals surface area (Å²) in [6.07, 6.45) is -12.4. The van der Waals surface area contributed by atoms with Crippen LogP contribution in [-0.2, 0) is 10.0 Å². The smallest absolute Gasteiger partial charge is 0.370 e. The quantitative estimate of drug-likeness (QED) is 0.445. The summed E-state index contributed by atoms with van der Waals surface area (Å²) < 4.78 is 108. The first-order valence-corrected chi connectivity index (χ1v) is 14.4. The standard InChI is InChI=1S/C25H27ClF6N4O3S/c1-2-40(38,39)35-13-5-12-34(14-15-35)18-10-8-17(9-11-18)21-16-22(23(37,24(27,28)29)25(30,31)32)33-36(21)20-7-4-3-6-19(20)26/h3-4,6-11,21,37H,2,5,12-16H2,1H3. The van der Waals surface area contributed by atoms with E-state index in [2.05, 4.69) is 5.10 Å². The molecule has 0 aliphatic carbocycles. The van der Waals surface area contributed by atoms with Gasteiger partial charge < -0.3 is 10.0 Å². The number of hydrazone groups is 1. The molecule has 0 bridgehead atoms. The van der Waals surface area contributed by atoms with Crippen molar-refractivity contribution in [1.29, 1.82) is 0 Å². The predicted octanol–water partition coefficient (Wildman–Crippen LogP) is 5.36. The Labute approximate surface area is 232 Å². The van der Waals surface area contributed by atoms with Crippen LogP contribution in [0.3, 0.4) is 0 Å². The molecule has 220 valence electrons. The number of para-hydroxylation sites is 1. The summed E-state index contributed by atoms with van der Waals surface area (Å²) in [5.41, 5.74) is -5.51. The molecule has 2 aromatic rings. The zero-order chi connectivity index (χ0) is 29.5. The minimum absolute atomic E-state index is 0.00706. The Kier molecular flexibility index (Phi) is 8.38. The van der Waals surface area contributed by atoms with E-state index in [-0.39, 0.29) is 23.0 Å². The summed E-state index contributed by atoms with van der Waals surface area (Å²) in [6.45, 7) is 3.20. The topological polar surface area (TPSA) is 76.5 Å². The maximum atomic E-state index is 13.7. The predicted molar refractivity (Wildman–Crippen MR) is 140 cm³/mol. The molecule has 2 aromatic carbocycles. The van der Waals surface area contributed by atoms with E-state index in [1.54, 1.807) is 37.3 Å². The third-order valence-corrected chi connectivity index (χ3v) is 9.30. The first kappa shape index (κ1) is 30.4. The molecule has 1 fully saturated rings. The van der Waals surface area contributed by atoms with Crippen molar-refractivity contribution in [2.75, 3.05) is 41.8 Å². The second-order valence-corrected chi connectivity index (χ2v) is 12.2. The van der Waals surface area contributed by atoms with Crippen LogP contribution < -0.4 is 9.91 Å². The molecule has 7 nitrogen and oxygen atoms in total. The van der Waals surface area contributed by atoms with Crippen LogP contribution in [0.15, 0.2) is 53.6 Å². The number of hydrogen-bond donors (Lipinski definition) is 1. The van der Waals surface area contributed by atoms with E-state index in [1.165, 1.54) is 22.5 Å². The number of hydrogen-bond acceptors (Lipinski definition) is 6. The molecule has 1 atom stereocenters. The fraction of sp³-hybridized carbons (Fsp3) is 0.480. The van der Waals surface area contributed by atoms with Crippen LogP contribution in [0.5, 0.6) is 0 Å². The molecule has 40 heavy (non-hydrogen) atoms. The molecule has 2 aliphatic heterocycles. The first-order chi connectivity index (χ1) is 18.6. The lowest BCUT2D eigenvalue weighted by atomic mass is 9.90. The van der Waals surface area contributed by atoms with E-state index in [0.29, 0.717) is 37.3 Å². The highest BCUT2D eigenvalue weighted by Gasteiger charge is 2.74. The molecular weight excluding hydrogens is 586 g/mol. The van der Waals surface area contributed by atoms with E-state index in [1.807, 2.05) is 4.90 Å². The van der Waals surface area contributed by atoms with Gasteiger partial charge in [0.2, 0.25) is 10.0 Å². The zero-order valence-corrected chi connectivity index (χ0v) is 22.8. The summed E-state index contributed by atoms with van der Waals surface area (Å²) in [5.74, 6) is -0.00706. The van der Waals surface area contributed by atoms with Crippen molar-refractivity contribution < 1.29 is 39.9 Å². The second kappa shape index (κ2) is 11.0. The van der Waals surface area contributed by atoms with Gasteiger partial charge in [-0.15, -0.1) is 0 Å². The Morgan fingerprint density at radius 3 is 2.15 bits per heavy atom. The molecule has 1 N–H and O–H groups in total. The molecule has 0 radical (unpaired) electrons. The fourth-order valence-corrected chi connectivity index (χ4v) is 6.21. The van der Waals surface area contributed by atoms with Crippen LogP contribution in [0.25, 0.3) is 0 Å². The minimum atomic E-state index is -6.07. The van der Waals surface area contributed by atoms with Crippen molar-refractivity contribution >= 4 is 38.7 Å². The number of nitrogens with zero attached hydrogens (tertiary/aromatic N) is 4. The number of benzene rings is 2. The van der Waals surface area contributed by atoms with Gasteiger partial charge in [0.25, 0.3) is 5.60 Å². The fourth-order valence-electron chi connectivity index (χ4n) is 4.86. The van der Waals surface area contributed by atoms with Crippen molar-refractivity contribution in [3.05, 3.63) is 59.1 Å². The Bertz CT molecular complexity index is 1340. The summed E-state index contributed by atoms with van der Waals surface area (Å²) >= 11 is 6.22. The lowest BCUT2D eigenvalue weighted by Crippen LogP contribution is -2.62. The zero-order valence-electron chi connectivity index (χ0n) is 21.3. The molecule has 1 saturated heterocycles. The number of sulfonamides is 1. The first-order valence-electron chi connectivity index (χ1n) is 12.4. The molecule has 2 heterocycles. The Hall–Kier alpha value is -2.55. The Morgan fingerprint density at radius 2 is 1.57 bits per heavy atom.